The molecule has 3 heteroatoms. The molecule has 1 aliphatic rings. The van der Waals surface area contributed by atoms with Crippen molar-refractivity contribution >= 4 is 0 Å². The van der Waals surface area contributed by atoms with Crippen LogP contribution in [-0.4, -0.2) is 13.1 Å². The van der Waals surface area contributed by atoms with E-state index in [1.165, 1.54) is 12.1 Å². The molecule has 1 nitrogen and oxygen atoms in total. The number of hydrogen-bond acceptors (Lipinski definition) is 1. The Bertz CT molecular complexity index is 383. The first-order valence-corrected chi connectivity index (χ1v) is 6.73. The fourth-order valence-electron chi connectivity index (χ4n) is 2.60. The number of benzene rings is 1. The molecular formula is C15H21F2N. The molecule has 2 rings (SSSR count). The van der Waals surface area contributed by atoms with Crippen molar-refractivity contribution in [1.82, 2.24) is 5.32 Å². The summed E-state index contributed by atoms with van der Waals surface area (Å²) < 4.78 is 26.4. The monoisotopic (exact) mass is 253 g/mol. The van der Waals surface area contributed by atoms with Gasteiger partial charge < -0.3 is 5.32 Å². The zero-order valence-electron chi connectivity index (χ0n) is 11.0. The molecule has 0 bridgehead atoms. The second kappa shape index (κ2) is 5.79. The molecule has 2 atom stereocenters. The summed E-state index contributed by atoms with van der Waals surface area (Å²) in [6.45, 7) is 6.29. The number of halogens is 2. The molecule has 1 N–H and O–H groups in total. The van der Waals surface area contributed by atoms with Crippen molar-refractivity contribution in [3.8, 4) is 0 Å². The normalized spacial score (nSPS) is 23.2. The molecule has 0 radical (unpaired) electrons. The van der Waals surface area contributed by atoms with Crippen molar-refractivity contribution in [1.29, 1.82) is 0 Å². The van der Waals surface area contributed by atoms with Gasteiger partial charge >= 0.3 is 0 Å². The van der Waals surface area contributed by atoms with Crippen molar-refractivity contribution < 1.29 is 8.78 Å². The molecular weight excluding hydrogens is 232 g/mol. The van der Waals surface area contributed by atoms with E-state index in [-0.39, 0.29) is 0 Å². The molecule has 1 aliphatic carbocycles. The van der Waals surface area contributed by atoms with Gasteiger partial charge in [-0.1, -0.05) is 13.8 Å². The van der Waals surface area contributed by atoms with Gasteiger partial charge in [0.15, 0.2) is 0 Å². The van der Waals surface area contributed by atoms with Crippen molar-refractivity contribution in [3.05, 3.63) is 35.4 Å². The first kappa shape index (κ1) is 13.5. The van der Waals surface area contributed by atoms with Crippen LogP contribution >= 0.6 is 0 Å². The quantitative estimate of drug-likeness (QED) is 0.843. The predicted octanol–water partition coefficient (Wildman–Crippen LogP) is 3.70. The number of nitrogens with one attached hydrogen (secondary N) is 1. The predicted molar refractivity (Wildman–Crippen MR) is 69.5 cm³/mol. The van der Waals surface area contributed by atoms with Gasteiger partial charge in [0.25, 0.3) is 0 Å². The average Bonchev–Trinajstić information content (AvgIpc) is 2.20. The van der Waals surface area contributed by atoms with E-state index in [0.29, 0.717) is 17.8 Å². The van der Waals surface area contributed by atoms with Crippen LogP contribution in [0, 0.1) is 23.5 Å². The minimum atomic E-state index is -0.467. The highest BCUT2D eigenvalue weighted by atomic mass is 19.1. The van der Waals surface area contributed by atoms with E-state index in [1.807, 2.05) is 0 Å². The van der Waals surface area contributed by atoms with Gasteiger partial charge in [-0.3, -0.25) is 0 Å². The molecule has 1 aromatic carbocycles. The third-order valence-corrected chi connectivity index (χ3v) is 3.69. The SMILES string of the molecule is CC(C)CNCC1CCC1c1cc(F)cc(F)c1. The van der Waals surface area contributed by atoms with Gasteiger partial charge in [0, 0.05) is 6.07 Å². The highest BCUT2D eigenvalue weighted by Crippen LogP contribution is 2.42. The van der Waals surface area contributed by atoms with Crippen LogP contribution in [0.25, 0.3) is 0 Å². The number of rotatable bonds is 5. The van der Waals surface area contributed by atoms with Gasteiger partial charge in [0.05, 0.1) is 0 Å². The Balaban J connectivity index is 1.93. The zero-order valence-corrected chi connectivity index (χ0v) is 11.0. The highest BCUT2D eigenvalue weighted by molar-refractivity contribution is 5.24. The Labute approximate surface area is 108 Å². The second-order valence-corrected chi connectivity index (χ2v) is 5.70. The Morgan fingerprint density at radius 3 is 2.33 bits per heavy atom. The molecule has 2 unspecified atom stereocenters. The lowest BCUT2D eigenvalue weighted by molar-refractivity contribution is 0.242. The van der Waals surface area contributed by atoms with Gasteiger partial charge in [0.1, 0.15) is 11.6 Å². The van der Waals surface area contributed by atoms with Crippen LogP contribution in [0.5, 0.6) is 0 Å². The fraction of sp³-hybridized carbons (Fsp3) is 0.600. The summed E-state index contributed by atoms with van der Waals surface area (Å²) in [5.41, 5.74) is 0.815. The summed E-state index contributed by atoms with van der Waals surface area (Å²) in [6.07, 6.45) is 2.19. The minimum absolute atomic E-state index is 0.315. The smallest absolute Gasteiger partial charge is 0.126 e. The summed E-state index contributed by atoms with van der Waals surface area (Å²) in [4.78, 5) is 0. The van der Waals surface area contributed by atoms with E-state index >= 15 is 0 Å². The van der Waals surface area contributed by atoms with E-state index < -0.39 is 11.6 Å². The van der Waals surface area contributed by atoms with E-state index in [9.17, 15) is 8.78 Å². The Hall–Kier alpha value is -0.960. The topological polar surface area (TPSA) is 12.0 Å². The van der Waals surface area contributed by atoms with E-state index in [0.717, 1.165) is 37.6 Å². The summed E-state index contributed by atoms with van der Waals surface area (Å²) in [7, 11) is 0. The maximum absolute atomic E-state index is 13.2. The lowest BCUT2D eigenvalue weighted by Crippen LogP contribution is -2.35. The van der Waals surface area contributed by atoms with E-state index in [1.54, 1.807) is 0 Å². The second-order valence-electron chi connectivity index (χ2n) is 5.70. The Kier molecular flexibility index (Phi) is 4.33. The van der Waals surface area contributed by atoms with Crippen LogP contribution < -0.4 is 5.32 Å². The fourth-order valence-corrected chi connectivity index (χ4v) is 2.60. The lowest BCUT2D eigenvalue weighted by atomic mass is 9.70. The van der Waals surface area contributed by atoms with Gasteiger partial charge in [0.2, 0.25) is 0 Å². The van der Waals surface area contributed by atoms with Gasteiger partial charge in [-0.25, -0.2) is 8.78 Å². The van der Waals surface area contributed by atoms with Crippen LogP contribution in [0.15, 0.2) is 18.2 Å². The van der Waals surface area contributed by atoms with Crippen molar-refractivity contribution in [2.24, 2.45) is 11.8 Å². The van der Waals surface area contributed by atoms with Crippen LogP contribution in [0.2, 0.25) is 0 Å². The first-order valence-electron chi connectivity index (χ1n) is 6.73. The molecule has 0 aromatic heterocycles. The Morgan fingerprint density at radius 1 is 1.17 bits per heavy atom. The molecule has 0 amide bonds. The molecule has 0 spiro atoms. The maximum Gasteiger partial charge on any atom is 0.126 e. The third kappa shape index (κ3) is 3.29. The van der Waals surface area contributed by atoms with Crippen molar-refractivity contribution in [2.45, 2.75) is 32.6 Å². The summed E-state index contributed by atoms with van der Waals surface area (Å²) in [6, 6.07) is 3.89. The number of hydrogen-bond donors (Lipinski definition) is 1. The maximum atomic E-state index is 13.2. The van der Waals surface area contributed by atoms with E-state index in [4.69, 9.17) is 0 Å². The van der Waals surface area contributed by atoms with Gasteiger partial charge in [-0.05, 0) is 61.4 Å². The molecule has 1 saturated carbocycles. The van der Waals surface area contributed by atoms with Crippen molar-refractivity contribution in [2.75, 3.05) is 13.1 Å². The molecule has 0 heterocycles. The van der Waals surface area contributed by atoms with Gasteiger partial charge in [-0.2, -0.15) is 0 Å². The molecule has 1 fully saturated rings. The summed E-state index contributed by atoms with van der Waals surface area (Å²) in [5, 5.41) is 3.43. The Morgan fingerprint density at radius 2 is 1.83 bits per heavy atom. The molecule has 0 saturated heterocycles. The van der Waals surface area contributed by atoms with Crippen molar-refractivity contribution in [3.63, 3.8) is 0 Å². The lowest BCUT2D eigenvalue weighted by Gasteiger charge is -2.37. The molecule has 1 aromatic rings. The largest absolute Gasteiger partial charge is 0.316 e. The summed E-state index contributed by atoms with van der Waals surface area (Å²) >= 11 is 0. The minimum Gasteiger partial charge on any atom is -0.316 e. The average molecular weight is 253 g/mol. The molecule has 18 heavy (non-hydrogen) atoms. The van der Waals surface area contributed by atoms with Crippen LogP contribution in [-0.2, 0) is 0 Å². The van der Waals surface area contributed by atoms with E-state index in [2.05, 4.69) is 19.2 Å². The van der Waals surface area contributed by atoms with Crippen LogP contribution in [0.3, 0.4) is 0 Å². The summed E-state index contributed by atoms with van der Waals surface area (Å²) in [5.74, 6) is 0.534. The standard InChI is InChI=1S/C15H21F2N/c1-10(2)8-18-9-11-3-4-15(11)12-5-13(16)7-14(17)6-12/h5-7,10-11,15,18H,3-4,8-9H2,1-2H3. The molecule has 100 valence electrons. The van der Waals surface area contributed by atoms with Crippen LogP contribution in [0.4, 0.5) is 8.78 Å². The van der Waals surface area contributed by atoms with Crippen LogP contribution in [0.1, 0.15) is 38.2 Å². The third-order valence-electron chi connectivity index (χ3n) is 3.69. The highest BCUT2D eigenvalue weighted by Gasteiger charge is 2.32. The first-order chi connectivity index (χ1) is 8.56. The van der Waals surface area contributed by atoms with Gasteiger partial charge in [-0.15, -0.1) is 0 Å². The zero-order chi connectivity index (χ0) is 13.1. The molecule has 0 aliphatic heterocycles.